The maximum atomic E-state index is 13.6. The van der Waals surface area contributed by atoms with Crippen molar-refractivity contribution in [2.24, 2.45) is 0 Å². The Morgan fingerprint density at radius 1 is 0.771 bits per heavy atom. The molecule has 0 bridgehead atoms. The third kappa shape index (κ3) is 8.64. The summed E-state index contributed by atoms with van der Waals surface area (Å²) in [4.78, 5) is 13.6. The van der Waals surface area contributed by atoms with Gasteiger partial charge < -0.3 is 23.7 Å². The van der Waals surface area contributed by atoms with Gasteiger partial charge in [-0.15, -0.1) is 0 Å². The van der Waals surface area contributed by atoms with Crippen LogP contribution in [-0.4, -0.2) is 56.9 Å². The molecule has 6 nitrogen and oxygen atoms in total. The minimum absolute atomic E-state index is 0. The molecule has 0 saturated heterocycles. The molecule has 2 aromatic carbocycles. The summed E-state index contributed by atoms with van der Waals surface area (Å²) >= 11 is 0. The Labute approximate surface area is 224 Å². The SMILES string of the molecule is CCC(C)Oc1cc(OC(C)CC)c(PC(=O)c2c(OC)cccc2OC)c(OC(C)CC)c1.[Li]. The van der Waals surface area contributed by atoms with Gasteiger partial charge in [0.1, 0.15) is 34.3 Å². The van der Waals surface area contributed by atoms with Crippen molar-refractivity contribution >= 4 is 38.3 Å². The van der Waals surface area contributed by atoms with Crippen LogP contribution in [0.1, 0.15) is 71.2 Å². The van der Waals surface area contributed by atoms with Crippen LogP contribution in [0.15, 0.2) is 30.3 Å². The van der Waals surface area contributed by atoms with Crippen molar-refractivity contribution in [2.45, 2.75) is 79.1 Å². The quantitative estimate of drug-likeness (QED) is 0.236. The van der Waals surface area contributed by atoms with E-state index < -0.39 is 0 Å². The van der Waals surface area contributed by atoms with Crippen molar-refractivity contribution in [1.82, 2.24) is 0 Å². The van der Waals surface area contributed by atoms with E-state index in [1.165, 1.54) is 0 Å². The van der Waals surface area contributed by atoms with Crippen molar-refractivity contribution in [3.63, 3.8) is 0 Å². The number of carbonyl (C=O) groups is 1. The van der Waals surface area contributed by atoms with E-state index >= 15 is 0 Å². The summed E-state index contributed by atoms with van der Waals surface area (Å²) in [6.07, 6.45) is 2.51. The summed E-state index contributed by atoms with van der Waals surface area (Å²) in [6.45, 7) is 12.2. The average Bonchev–Trinajstić information content (AvgIpc) is 2.84. The third-order valence-corrected chi connectivity index (χ3v) is 6.87. The van der Waals surface area contributed by atoms with Gasteiger partial charge in [0.25, 0.3) is 0 Å². The number of carbonyl (C=O) groups excluding carboxylic acids is 1. The molecule has 0 spiro atoms. The third-order valence-electron chi connectivity index (χ3n) is 5.65. The first-order chi connectivity index (χ1) is 16.3. The van der Waals surface area contributed by atoms with E-state index in [-0.39, 0.29) is 51.3 Å². The predicted molar refractivity (Wildman–Crippen MR) is 145 cm³/mol. The smallest absolute Gasteiger partial charge is 0.193 e. The minimum Gasteiger partial charge on any atom is -0.496 e. The summed E-state index contributed by atoms with van der Waals surface area (Å²) in [6, 6.07) is 9.06. The molecule has 0 heterocycles. The standard InChI is InChI=1S/C27H39O6P.Li/c1-9-17(4)31-20-15-23(32-18(5)10-2)26(24(16-20)33-19(6)11-3)34-27(28)25-21(29-7)13-12-14-22(25)30-8;/h12-19,34H,9-11H2,1-8H3;. The summed E-state index contributed by atoms with van der Waals surface area (Å²) in [5, 5.41) is 0.718. The Bertz CT molecular complexity index is 896. The molecule has 2 rings (SSSR count). The van der Waals surface area contributed by atoms with E-state index in [9.17, 15) is 4.79 Å². The minimum atomic E-state index is -0.258. The molecular weight excluding hydrogens is 458 g/mol. The Morgan fingerprint density at radius 3 is 1.60 bits per heavy atom. The summed E-state index contributed by atoms with van der Waals surface area (Å²) < 4.78 is 29.6. The molecular formula is C27H39LiO6P. The van der Waals surface area contributed by atoms with Crippen molar-refractivity contribution in [2.75, 3.05) is 14.2 Å². The second kappa shape index (κ2) is 15.3. The van der Waals surface area contributed by atoms with E-state index in [4.69, 9.17) is 23.7 Å². The van der Waals surface area contributed by atoms with Crippen LogP contribution in [-0.2, 0) is 0 Å². The van der Waals surface area contributed by atoms with Gasteiger partial charge in [0, 0.05) is 31.0 Å². The number of hydrogen-bond acceptors (Lipinski definition) is 6. The Hall–Kier alpha value is -1.86. The normalized spacial score (nSPS) is 13.5. The van der Waals surface area contributed by atoms with Gasteiger partial charge in [0.05, 0.1) is 37.8 Å². The molecule has 0 aliphatic carbocycles. The van der Waals surface area contributed by atoms with Gasteiger partial charge in [-0.1, -0.05) is 26.8 Å². The van der Waals surface area contributed by atoms with Gasteiger partial charge in [-0.2, -0.15) is 0 Å². The fourth-order valence-electron chi connectivity index (χ4n) is 3.11. The summed E-state index contributed by atoms with van der Waals surface area (Å²) in [7, 11) is 2.83. The van der Waals surface area contributed by atoms with Crippen molar-refractivity contribution in [1.29, 1.82) is 0 Å². The molecule has 0 aromatic heterocycles. The maximum Gasteiger partial charge on any atom is 0.193 e. The Balaban J connectivity index is 0.00000612. The van der Waals surface area contributed by atoms with Crippen LogP contribution in [0.5, 0.6) is 28.7 Å². The molecule has 0 aliphatic rings. The molecule has 4 atom stereocenters. The van der Waals surface area contributed by atoms with Gasteiger partial charge in [-0.05, 0) is 60.7 Å². The molecule has 8 heteroatoms. The number of methoxy groups -OCH3 is 2. The largest absolute Gasteiger partial charge is 0.496 e. The van der Waals surface area contributed by atoms with E-state index in [0.29, 0.717) is 34.3 Å². The fourth-order valence-corrected chi connectivity index (χ4v) is 4.22. The van der Waals surface area contributed by atoms with Crippen LogP contribution in [0.4, 0.5) is 0 Å². The van der Waals surface area contributed by atoms with Crippen LogP contribution in [0.2, 0.25) is 0 Å². The molecule has 189 valence electrons. The average molecular weight is 498 g/mol. The monoisotopic (exact) mass is 497 g/mol. The van der Waals surface area contributed by atoms with Crippen LogP contribution in [0.3, 0.4) is 0 Å². The van der Waals surface area contributed by atoms with Crippen LogP contribution >= 0.6 is 8.58 Å². The number of rotatable bonds is 14. The fraction of sp³-hybridized carbons (Fsp3) is 0.519. The van der Waals surface area contributed by atoms with Crippen LogP contribution < -0.4 is 29.0 Å². The zero-order valence-corrected chi connectivity index (χ0v) is 23.7. The zero-order chi connectivity index (χ0) is 25.3. The molecule has 2 aromatic rings. The predicted octanol–water partition coefficient (Wildman–Crippen LogP) is 6.00. The molecule has 0 N–H and O–H groups in total. The molecule has 1 radical (unpaired) electrons. The Kier molecular flexibility index (Phi) is 13.6. The molecule has 0 saturated carbocycles. The van der Waals surface area contributed by atoms with Gasteiger partial charge >= 0.3 is 0 Å². The molecule has 0 fully saturated rings. The summed E-state index contributed by atoms with van der Waals surface area (Å²) in [5.74, 6) is 2.83. The number of ether oxygens (including phenoxy) is 5. The molecule has 35 heavy (non-hydrogen) atoms. The maximum absolute atomic E-state index is 13.6. The molecule has 4 unspecified atom stereocenters. The van der Waals surface area contributed by atoms with Gasteiger partial charge in [0.2, 0.25) is 0 Å². The first kappa shape index (κ1) is 31.2. The van der Waals surface area contributed by atoms with Crippen LogP contribution in [0, 0.1) is 0 Å². The van der Waals surface area contributed by atoms with Gasteiger partial charge in [-0.25, -0.2) is 0 Å². The first-order valence-electron chi connectivity index (χ1n) is 12.0. The van der Waals surface area contributed by atoms with Crippen molar-refractivity contribution in [3.05, 3.63) is 35.9 Å². The number of hydrogen-bond donors (Lipinski definition) is 0. The van der Waals surface area contributed by atoms with E-state index in [1.807, 2.05) is 32.9 Å². The van der Waals surface area contributed by atoms with Crippen molar-refractivity contribution < 1.29 is 28.5 Å². The zero-order valence-electron chi connectivity index (χ0n) is 22.7. The van der Waals surface area contributed by atoms with E-state index in [1.54, 1.807) is 32.4 Å². The molecule has 0 amide bonds. The van der Waals surface area contributed by atoms with E-state index in [2.05, 4.69) is 20.8 Å². The second-order valence-electron chi connectivity index (χ2n) is 8.30. The van der Waals surface area contributed by atoms with Gasteiger partial charge in [0.15, 0.2) is 5.52 Å². The second-order valence-corrected chi connectivity index (χ2v) is 9.50. The Morgan fingerprint density at radius 2 is 1.20 bits per heavy atom. The summed E-state index contributed by atoms with van der Waals surface area (Å²) in [5.41, 5.74) is 0.294. The number of benzene rings is 2. The van der Waals surface area contributed by atoms with Crippen LogP contribution in [0.25, 0.3) is 0 Å². The van der Waals surface area contributed by atoms with E-state index in [0.717, 1.165) is 24.6 Å². The topological polar surface area (TPSA) is 63.2 Å². The molecule has 0 aliphatic heterocycles. The first-order valence-corrected chi connectivity index (χ1v) is 13.0. The van der Waals surface area contributed by atoms with Gasteiger partial charge in [-0.3, -0.25) is 4.79 Å². The van der Waals surface area contributed by atoms with Crippen molar-refractivity contribution in [3.8, 4) is 28.7 Å².